The number of carbonyl (C=O) groups excluding carboxylic acids is 1. The molecule has 0 unspecified atom stereocenters. The third kappa shape index (κ3) is 9.10. The molecular formula is C15H24Cl2N2O3. The third-order valence-electron chi connectivity index (χ3n) is 2.61. The minimum absolute atomic E-state index is 0. The van der Waals surface area contributed by atoms with Gasteiger partial charge in [-0.15, -0.1) is 12.4 Å². The Morgan fingerprint density at radius 3 is 2.05 bits per heavy atom. The highest BCUT2D eigenvalue weighted by molar-refractivity contribution is 6.30. The van der Waals surface area contributed by atoms with Crippen LogP contribution in [0.4, 0.5) is 0 Å². The number of benzene rings is 1. The van der Waals surface area contributed by atoms with E-state index >= 15 is 0 Å². The van der Waals surface area contributed by atoms with E-state index in [-0.39, 0.29) is 31.1 Å². The average molecular weight is 351 g/mol. The van der Waals surface area contributed by atoms with Crippen molar-refractivity contribution < 1.29 is 14.3 Å². The molecule has 0 aromatic heterocycles. The predicted octanol–water partition coefficient (Wildman–Crippen LogP) is 2.18. The van der Waals surface area contributed by atoms with Crippen LogP contribution in [0.25, 0.3) is 0 Å². The van der Waals surface area contributed by atoms with Crippen LogP contribution in [-0.2, 0) is 9.53 Å². The Hall–Kier alpha value is -1.01. The van der Waals surface area contributed by atoms with Gasteiger partial charge in [-0.05, 0) is 52.5 Å². The molecule has 1 aromatic carbocycles. The molecule has 22 heavy (non-hydrogen) atoms. The van der Waals surface area contributed by atoms with E-state index < -0.39 is 0 Å². The predicted molar refractivity (Wildman–Crippen MR) is 91.2 cm³/mol. The first-order valence-electron chi connectivity index (χ1n) is 6.74. The Bertz CT molecular complexity index is 429. The van der Waals surface area contributed by atoms with Crippen LogP contribution in [0.15, 0.2) is 24.3 Å². The maximum Gasteiger partial charge on any atom is 0.344 e. The maximum absolute atomic E-state index is 11.8. The fourth-order valence-corrected chi connectivity index (χ4v) is 1.97. The van der Waals surface area contributed by atoms with Gasteiger partial charge in [-0.25, -0.2) is 4.79 Å². The van der Waals surface area contributed by atoms with E-state index in [9.17, 15) is 4.79 Å². The minimum atomic E-state index is -0.376. The molecular weight excluding hydrogens is 327 g/mol. The lowest BCUT2D eigenvalue weighted by Crippen LogP contribution is -2.39. The Morgan fingerprint density at radius 2 is 1.59 bits per heavy atom. The van der Waals surface area contributed by atoms with E-state index in [1.54, 1.807) is 24.3 Å². The normalized spacial score (nSPS) is 10.7. The number of hydrogen-bond acceptors (Lipinski definition) is 5. The molecule has 0 aliphatic carbocycles. The van der Waals surface area contributed by atoms with Gasteiger partial charge in [0.2, 0.25) is 0 Å². The molecule has 0 bridgehead atoms. The highest BCUT2D eigenvalue weighted by atomic mass is 35.5. The van der Waals surface area contributed by atoms with E-state index in [4.69, 9.17) is 21.1 Å². The van der Waals surface area contributed by atoms with Crippen LogP contribution < -0.4 is 4.74 Å². The van der Waals surface area contributed by atoms with Gasteiger partial charge in [0.15, 0.2) is 6.61 Å². The summed E-state index contributed by atoms with van der Waals surface area (Å²) < 4.78 is 10.8. The molecule has 0 amide bonds. The van der Waals surface area contributed by atoms with Crippen LogP contribution in [0.5, 0.6) is 5.75 Å². The van der Waals surface area contributed by atoms with Gasteiger partial charge in [0.25, 0.3) is 0 Å². The van der Waals surface area contributed by atoms with Crippen LogP contribution in [0.2, 0.25) is 5.02 Å². The lowest BCUT2D eigenvalue weighted by Gasteiger charge is -2.24. The number of esters is 1. The van der Waals surface area contributed by atoms with Gasteiger partial charge < -0.3 is 19.3 Å². The minimum Gasteiger partial charge on any atom is -0.482 e. The molecule has 0 atom stereocenters. The molecule has 7 heteroatoms. The second-order valence-electron chi connectivity index (χ2n) is 5.38. The molecule has 0 radical (unpaired) electrons. The smallest absolute Gasteiger partial charge is 0.344 e. The number of hydrogen-bond donors (Lipinski definition) is 0. The quantitative estimate of drug-likeness (QED) is 0.672. The van der Waals surface area contributed by atoms with Crippen molar-refractivity contribution in [3.63, 3.8) is 0 Å². The molecule has 0 saturated carbocycles. The second-order valence-corrected chi connectivity index (χ2v) is 5.82. The SMILES string of the molecule is CN(C)CC(CN(C)C)OC(=O)COc1ccc(Cl)cc1.Cl. The van der Waals surface area contributed by atoms with Crippen LogP contribution in [0.1, 0.15) is 0 Å². The van der Waals surface area contributed by atoms with Crippen molar-refractivity contribution in [1.29, 1.82) is 0 Å². The second kappa shape index (κ2) is 10.7. The van der Waals surface area contributed by atoms with Crippen LogP contribution in [0.3, 0.4) is 0 Å². The van der Waals surface area contributed by atoms with E-state index in [0.717, 1.165) is 0 Å². The zero-order valence-electron chi connectivity index (χ0n) is 13.4. The summed E-state index contributed by atoms with van der Waals surface area (Å²) in [4.78, 5) is 15.8. The van der Waals surface area contributed by atoms with Crippen LogP contribution in [-0.4, -0.2) is 69.8 Å². The average Bonchev–Trinajstić information content (AvgIpc) is 2.36. The molecule has 0 heterocycles. The van der Waals surface area contributed by atoms with E-state index in [1.165, 1.54) is 0 Å². The van der Waals surface area contributed by atoms with Crippen molar-refractivity contribution in [1.82, 2.24) is 9.80 Å². The van der Waals surface area contributed by atoms with Gasteiger partial charge in [-0.1, -0.05) is 11.6 Å². The van der Waals surface area contributed by atoms with Crippen LogP contribution in [0, 0.1) is 0 Å². The zero-order valence-corrected chi connectivity index (χ0v) is 15.0. The fourth-order valence-electron chi connectivity index (χ4n) is 1.84. The number of rotatable bonds is 8. The summed E-state index contributed by atoms with van der Waals surface area (Å²) in [5, 5.41) is 0.627. The van der Waals surface area contributed by atoms with Gasteiger partial charge in [-0.2, -0.15) is 0 Å². The van der Waals surface area contributed by atoms with E-state index in [2.05, 4.69) is 0 Å². The maximum atomic E-state index is 11.8. The molecule has 0 fully saturated rings. The highest BCUT2D eigenvalue weighted by Crippen LogP contribution is 2.15. The third-order valence-corrected chi connectivity index (χ3v) is 2.86. The standard InChI is InChI=1S/C15H23ClN2O3.ClH/c1-17(2)9-14(10-18(3)4)21-15(19)11-20-13-7-5-12(16)6-8-13;/h5-8,14H,9-11H2,1-4H3;1H. The fraction of sp³-hybridized carbons (Fsp3) is 0.533. The molecule has 5 nitrogen and oxygen atoms in total. The summed E-state index contributed by atoms with van der Waals surface area (Å²) in [6, 6.07) is 6.85. The highest BCUT2D eigenvalue weighted by Gasteiger charge is 2.16. The van der Waals surface area contributed by atoms with Gasteiger partial charge >= 0.3 is 5.97 Å². The van der Waals surface area contributed by atoms with E-state index in [1.807, 2.05) is 38.0 Å². The van der Waals surface area contributed by atoms with Gasteiger partial charge in [0.1, 0.15) is 11.9 Å². The van der Waals surface area contributed by atoms with Crippen LogP contribution >= 0.6 is 24.0 Å². The van der Waals surface area contributed by atoms with Gasteiger partial charge in [-0.3, -0.25) is 0 Å². The number of nitrogens with zero attached hydrogens (tertiary/aromatic N) is 2. The summed E-state index contributed by atoms with van der Waals surface area (Å²) in [5.41, 5.74) is 0. The van der Waals surface area contributed by atoms with Crippen molar-refractivity contribution in [2.24, 2.45) is 0 Å². The summed E-state index contributed by atoms with van der Waals surface area (Å²) in [6.45, 7) is 1.23. The lowest BCUT2D eigenvalue weighted by atomic mass is 10.3. The largest absolute Gasteiger partial charge is 0.482 e. The Labute approximate surface area is 143 Å². The van der Waals surface area contributed by atoms with E-state index in [0.29, 0.717) is 23.9 Å². The molecule has 0 aliphatic rings. The summed E-state index contributed by atoms with van der Waals surface area (Å²) >= 11 is 5.78. The Kier molecular flexibility index (Phi) is 10.2. The molecule has 1 rings (SSSR count). The Balaban J connectivity index is 0.00000441. The topological polar surface area (TPSA) is 42.0 Å². The molecule has 0 aliphatic heterocycles. The van der Waals surface area contributed by atoms with Gasteiger partial charge in [0.05, 0.1) is 0 Å². The first-order chi connectivity index (χ1) is 9.86. The number of halogens is 2. The lowest BCUT2D eigenvalue weighted by molar-refractivity contribution is -0.152. The molecule has 0 N–H and O–H groups in total. The number of ether oxygens (including phenoxy) is 2. The molecule has 0 saturated heterocycles. The van der Waals surface area contributed by atoms with Crippen molar-refractivity contribution in [2.75, 3.05) is 47.9 Å². The van der Waals surface area contributed by atoms with Crippen molar-refractivity contribution in [2.45, 2.75) is 6.10 Å². The molecule has 126 valence electrons. The number of carbonyl (C=O) groups is 1. The Morgan fingerprint density at radius 1 is 1.09 bits per heavy atom. The molecule has 1 aromatic rings. The summed E-state index contributed by atoms with van der Waals surface area (Å²) in [7, 11) is 7.78. The zero-order chi connectivity index (χ0) is 15.8. The number of likely N-dealkylation sites (N-methyl/N-ethyl adjacent to an activating group) is 2. The first-order valence-corrected chi connectivity index (χ1v) is 7.12. The van der Waals surface area contributed by atoms with Gasteiger partial charge in [0, 0.05) is 18.1 Å². The van der Waals surface area contributed by atoms with Crippen molar-refractivity contribution in [3.8, 4) is 5.75 Å². The molecule has 0 spiro atoms. The summed E-state index contributed by atoms with van der Waals surface area (Å²) in [6.07, 6.45) is -0.184. The monoisotopic (exact) mass is 350 g/mol. The summed E-state index contributed by atoms with van der Waals surface area (Å²) in [5.74, 6) is 0.215. The van der Waals surface area contributed by atoms with Crippen molar-refractivity contribution in [3.05, 3.63) is 29.3 Å². The first kappa shape index (κ1) is 21.0. The van der Waals surface area contributed by atoms with Crippen molar-refractivity contribution >= 4 is 30.0 Å².